The maximum Gasteiger partial charge on any atom is 0.229 e. The molecule has 0 saturated carbocycles. The zero-order chi connectivity index (χ0) is 24.1. The van der Waals surface area contributed by atoms with Gasteiger partial charge in [-0.05, 0) is 32.9 Å². The number of hydrogen-bond donors (Lipinski definition) is 1. The summed E-state index contributed by atoms with van der Waals surface area (Å²) in [6, 6.07) is 4.14. The first-order valence-corrected chi connectivity index (χ1v) is 12.7. The molecule has 0 saturated heterocycles. The summed E-state index contributed by atoms with van der Waals surface area (Å²) in [5.74, 6) is -0.937. The molecule has 0 aliphatic carbocycles. The van der Waals surface area contributed by atoms with E-state index in [4.69, 9.17) is 9.47 Å². The summed E-state index contributed by atoms with van der Waals surface area (Å²) in [6.07, 6.45) is 3.74. The van der Waals surface area contributed by atoms with E-state index in [9.17, 15) is 21.2 Å². The second-order valence-electron chi connectivity index (χ2n) is 8.11. The van der Waals surface area contributed by atoms with E-state index in [0.29, 0.717) is 16.9 Å². The summed E-state index contributed by atoms with van der Waals surface area (Å²) in [5, 5.41) is 0. The maximum absolute atomic E-state index is 14.6. The summed E-state index contributed by atoms with van der Waals surface area (Å²) in [5.41, 5.74) is 0.813. The Hall–Kier alpha value is -2.86. The van der Waals surface area contributed by atoms with Crippen LogP contribution in [0.4, 0.5) is 10.1 Å². The molecule has 0 amide bonds. The third-order valence-electron chi connectivity index (χ3n) is 4.74. The highest BCUT2D eigenvalue weighted by Gasteiger charge is 2.34. The minimum atomic E-state index is -3.79. The molecule has 1 N–H and O–H groups in total. The van der Waals surface area contributed by atoms with Crippen LogP contribution in [0.25, 0.3) is 16.9 Å². The predicted octanol–water partition coefficient (Wildman–Crippen LogP) is 3.10. The van der Waals surface area contributed by atoms with Crippen molar-refractivity contribution in [3.63, 3.8) is 0 Å². The fourth-order valence-electron chi connectivity index (χ4n) is 3.06. The third-order valence-corrected chi connectivity index (χ3v) is 7.83. The minimum Gasteiger partial charge on any atom is -0.495 e. The first-order chi connectivity index (χ1) is 14.7. The lowest BCUT2D eigenvalue weighted by atomic mass is 10.1. The highest BCUT2D eigenvalue weighted by atomic mass is 32.2. The number of aromatic nitrogens is 2. The van der Waals surface area contributed by atoms with Gasteiger partial charge >= 0.3 is 0 Å². The van der Waals surface area contributed by atoms with Gasteiger partial charge in [0.2, 0.25) is 10.0 Å². The van der Waals surface area contributed by atoms with Gasteiger partial charge in [-0.1, -0.05) is 0 Å². The van der Waals surface area contributed by atoms with Crippen LogP contribution >= 0.6 is 0 Å². The quantitative estimate of drug-likeness (QED) is 0.570. The SMILES string of the molecule is COc1cc2ncc(-c3cc(NS(C)(=O)=O)c(F)c(OC)c3)n2cc1S(=O)(=O)C(C)(C)C. The maximum atomic E-state index is 14.6. The topological polar surface area (TPSA) is 116 Å². The van der Waals surface area contributed by atoms with Gasteiger partial charge in [-0.2, -0.15) is 0 Å². The molecule has 0 spiro atoms. The Morgan fingerprint density at radius 1 is 1.03 bits per heavy atom. The zero-order valence-electron chi connectivity index (χ0n) is 18.4. The van der Waals surface area contributed by atoms with Crippen molar-refractivity contribution in [1.82, 2.24) is 9.38 Å². The molecule has 0 bridgehead atoms. The molecule has 9 nitrogen and oxygen atoms in total. The number of benzene rings is 1. The number of nitrogens with one attached hydrogen (secondary N) is 1. The lowest BCUT2D eigenvalue weighted by Crippen LogP contribution is -2.28. The van der Waals surface area contributed by atoms with E-state index in [1.807, 2.05) is 0 Å². The predicted molar refractivity (Wildman–Crippen MR) is 119 cm³/mol. The number of nitrogens with zero attached hydrogens (tertiary/aromatic N) is 2. The molecule has 1 aromatic carbocycles. The number of imidazole rings is 1. The van der Waals surface area contributed by atoms with Crippen molar-refractivity contribution < 1.29 is 30.7 Å². The van der Waals surface area contributed by atoms with Crippen molar-refractivity contribution in [1.29, 1.82) is 0 Å². The van der Waals surface area contributed by atoms with Crippen molar-refractivity contribution in [2.75, 3.05) is 25.2 Å². The molecule has 3 aromatic rings. The lowest BCUT2D eigenvalue weighted by molar-refractivity contribution is 0.388. The van der Waals surface area contributed by atoms with Gasteiger partial charge in [0.15, 0.2) is 21.4 Å². The molecule has 32 heavy (non-hydrogen) atoms. The van der Waals surface area contributed by atoms with Crippen LogP contribution in [0.3, 0.4) is 0 Å². The molecule has 3 rings (SSSR count). The number of pyridine rings is 1. The Balaban J connectivity index is 2.32. The number of methoxy groups -OCH3 is 2. The Morgan fingerprint density at radius 3 is 2.19 bits per heavy atom. The van der Waals surface area contributed by atoms with E-state index < -0.39 is 30.4 Å². The van der Waals surface area contributed by atoms with Crippen molar-refractivity contribution >= 4 is 31.2 Å². The molecule has 0 aliphatic rings. The fourth-order valence-corrected chi connectivity index (χ4v) is 4.92. The number of sulfone groups is 1. The van der Waals surface area contributed by atoms with Crippen LogP contribution in [0, 0.1) is 5.82 Å². The Bertz CT molecular complexity index is 1410. The molecular weight excluding hydrogens is 461 g/mol. The highest BCUT2D eigenvalue weighted by molar-refractivity contribution is 7.93. The third kappa shape index (κ3) is 4.24. The van der Waals surface area contributed by atoms with Gasteiger partial charge in [0.05, 0.1) is 42.8 Å². The summed E-state index contributed by atoms with van der Waals surface area (Å²) < 4.78 is 77.1. The molecule has 12 heteroatoms. The summed E-state index contributed by atoms with van der Waals surface area (Å²) in [7, 11) is -4.94. The van der Waals surface area contributed by atoms with Gasteiger partial charge in [0.1, 0.15) is 16.3 Å². The van der Waals surface area contributed by atoms with E-state index in [1.165, 1.54) is 49.2 Å². The van der Waals surface area contributed by atoms with Gasteiger partial charge in [-0.25, -0.2) is 26.2 Å². The molecule has 0 radical (unpaired) electrons. The summed E-state index contributed by atoms with van der Waals surface area (Å²) in [4.78, 5) is 4.25. The van der Waals surface area contributed by atoms with Gasteiger partial charge < -0.3 is 9.47 Å². The standard InChI is InChI=1S/C20H24FN3O6S2/c1-20(2,3)32(27,28)17-11-24-14(10-22-18(24)9-15(17)29-4)12-7-13(23-31(6,25)26)19(21)16(8-12)30-5/h7-11,23H,1-6H3. The van der Waals surface area contributed by atoms with E-state index in [1.54, 1.807) is 20.8 Å². The van der Waals surface area contributed by atoms with Crippen molar-refractivity contribution in [3.05, 3.63) is 36.4 Å². The van der Waals surface area contributed by atoms with Gasteiger partial charge in [-0.15, -0.1) is 0 Å². The number of fused-ring (bicyclic) bond motifs is 1. The zero-order valence-corrected chi connectivity index (χ0v) is 20.1. The number of halogens is 1. The van der Waals surface area contributed by atoms with Crippen molar-refractivity contribution in [2.45, 2.75) is 30.4 Å². The fraction of sp³-hybridized carbons (Fsp3) is 0.350. The minimum absolute atomic E-state index is 0.0391. The largest absolute Gasteiger partial charge is 0.495 e. The monoisotopic (exact) mass is 485 g/mol. The normalized spacial score (nSPS) is 12.7. The van der Waals surface area contributed by atoms with Crippen LogP contribution in [0.2, 0.25) is 0 Å². The number of sulfonamides is 1. The second-order valence-corrected chi connectivity index (χ2v) is 12.5. The van der Waals surface area contributed by atoms with Crippen LogP contribution in [0.15, 0.2) is 35.5 Å². The van der Waals surface area contributed by atoms with Crippen LogP contribution in [0.1, 0.15) is 20.8 Å². The molecule has 0 fully saturated rings. The van der Waals surface area contributed by atoms with E-state index in [-0.39, 0.29) is 22.1 Å². The average molecular weight is 486 g/mol. The van der Waals surface area contributed by atoms with E-state index in [2.05, 4.69) is 9.71 Å². The summed E-state index contributed by atoms with van der Waals surface area (Å²) in [6.45, 7) is 4.73. The summed E-state index contributed by atoms with van der Waals surface area (Å²) >= 11 is 0. The molecule has 0 unspecified atom stereocenters. The molecule has 0 aliphatic heterocycles. The second kappa shape index (κ2) is 7.93. The number of hydrogen-bond acceptors (Lipinski definition) is 7. The molecule has 2 heterocycles. The Labute approximate surface area is 186 Å². The van der Waals surface area contributed by atoms with Crippen LogP contribution in [-0.4, -0.2) is 51.4 Å². The van der Waals surface area contributed by atoms with Crippen LogP contribution < -0.4 is 14.2 Å². The highest BCUT2D eigenvalue weighted by Crippen LogP contribution is 2.36. The Kier molecular flexibility index (Phi) is 5.89. The van der Waals surface area contributed by atoms with Crippen molar-refractivity contribution in [2.24, 2.45) is 0 Å². The van der Waals surface area contributed by atoms with Crippen LogP contribution in [-0.2, 0) is 19.9 Å². The van der Waals surface area contributed by atoms with Crippen molar-refractivity contribution in [3.8, 4) is 22.8 Å². The number of ether oxygens (including phenoxy) is 2. The molecule has 174 valence electrons. The Morgan fingerprint density at radius 2 is 1.66 bits per heavy atom. The lowest BCUT2D eigenvalue weighted by Gasteiger charge is -2.21. The number of anilines is 1. The number of rotatable bonds is 6. The molecule has 2 aromatic heterocycles. The first-order valence-electron chi connectivity index (χ1n) is 9.35. The first kappa shape index (κ1) is 23.8. The van der Waals surface area contributed by atoms with Crippen LogP contribution in [0.5, 0.6) is 11.5 Å². The van der Waals surface area contributed by atoms with Gasteiger partial charge in [0, 0.05) is 17.8 Å². The smallest absolute Gasteiger partial charge is 0.229 e. The van der Waals surface area contributed by atoms with Gasteiger partial charge in [0.25, 0.3) is 0 Å². The average Bonchev–Trinajstić information content (AvgIpc) is 3.09. The molecule has 0 atom stereocenters. The van der Waals surface area contributed by atoms with E-state index >= 15 is 0 Å². The van der Waals surface area contributed by atoms with E-state index in [0.717, 1.165) is 6.26 Å². The van der Waals surface area contributed by atoms with Gasteiger partial charge in [-0.3, -0.25) is 9.12 Å². The molecular formula is C20H24FN3O6S2.